The molecule has 1 N–H and O–H groups in total. The second-order valence-electron chi connectivity index (χ2n) is 4.10. The van der Waals surface area contributed by atoms with Gasteiger partial charge in [0.2, 0.25) is 0 Å². The molecule has 0 saturated carbocycles. The zero-order valence-electron chi connectivity index (χ0n) is 11.2. The van der Waals surface area contributed by atoms with Crippen molar-refractivity contribution >= 4 is 21.4 Å². The number of hydrogen-bond acceptors (Lipinski definition) is 6. The van der Waals surface area contributed by atoms with Crippen molar-refractivity contribution in [3.05, 3.63) is 40.7 Å². The van der Waals surface area contributed by atoms with Crippen LogP contribution < -0.4 is 9.46 Å². The van der Waals surface area contributed by atoms with Gasteiger partial charge in [-0.05, 0) is 6.07 Å². The molecule has 1 aromatic carbocycles. The smallest absolute Gasteiger partial charge is 0.273 e. The number of hydrogen-bond donors (Lipinski definition) is 1. The molecule has 0 amide bonds. The number of benzene rings is 1. The second kappa shape index (κ2) is 5.40. The quantitative estimate of drug-likeness (QED) is 0.653. The lowest BCUT2D eigenvalue weighted by atomic mass is 10.3. The fourth-order valence-electron chi connectivity index (χ4n) is 1.68. The number of aryl methyl sites for hydroxylation is 1. The van der Waals surface area contributed by atoms with Crippen molar-refractivity contribution < 1.29 is 18.1 Å². The van der Waals surface area contributed by atoms with Crippen LogP contribution in [0.2, 0.25) is 0 Å². The van der Waals surface area contributed by atoms with Crippen LogP contribution in [0.1, 0.15) is 0 Å². The van der Waals surface area contributed by atoms with Gasteiger partial charge < -0.3 is 4.74 Å². The monoisotopic (exact) mass is 312 g/mol. The standard InChI is InChI=1S/C11H12N4O5S/c1-14-7-8(6-12-14)13-21(18,19)11-4-3-9(15(16)17)5-10(11)20-2/h3-7,13H,1-2H3. The molecule has 0 aliphatic carbocycles. The molecule has 9 nitrogen and oxygen atoms in total. The topological polar surface area (TPSA) is 116 Å². The predicted molar refractivity (Wildman–Crippen MR) is 73.7 cm³/mol. The number of non-ortho nitro benzene ring substituents is 1. The Bertz CT molecular complexity index is 784. The molecule has 21 heavy (non-hydrogen) atoms. The molecule has 0 fully saturated rings. The third-order valence-corrected chi connectivity index (χ3v) is 4.03. The first-order valence-corrected chi connectivity index (χ1v) is 7.15. The Kier molecular flexibility index (Phi) is 3.80. The van der Waals surface area contributed by atoms with Crippen molar-refractivity contribution in [3.8, 4) is 5.75 Å². The molecule has 0 saturated heterocycles. The Labute approximate surface area is 120 Å². The molecule has 1 heterocycles. The number of nitrogens with zero attached hydrogens (tertiary/aromatic N) is 3. The summed E-state index contributed by atoms with van der Waals surface area (Å²) in [6.07, 6.45) is 2.82. The van der Waals surface area contributed by atoms with E-state index in [1.54, 1.807) is 7.05 Å². The van der Waals surface area contributed by atoms with Crippen molar-refractivity contribution in [1.82, 2.24) is 9.78 Å². The van der Waals surface area contributed by atoms with Gasteiger partial charge in [-0.2, -0.15) is 5.10 Å². The number of rotatable bonds is 5. The average molecular weight is 312 g/mol. The van der Waals surface area contributed by atoms with E-state index in [0.29, 0.717) is 0 Å². The van der Waals surface area contributed by atoms with E-state index in [2.05, 4.69) is 9.82 Å². The molecule has 0 aliphatic heterocycles. The maximum atomic E-state index is 12.3. The van der Waals surface area contributed by atoms with Gasteiger partial charge >= 0.3 is 0 Å². The molecule has 2 rings (SSSR count). The minimum Gasteiger partial charge on any atom is -0.495 e. The average Bonchev–Trinajstić information content (AvgIpc) is 2.82. The van der Waals surface area contributed by atoms with Crippen LogP contribution in [0.25, 0.3) is 0 Å². The fraction of sp³-hybridized carbons (Fsp3) is 0.182. The van der Waals surface area contributed by atoms with Crippen LogP contribution in [0, 0.1) is 10.1 Å². The van der Waals surface area contributed by atoms with Gasteiger partial charge in [0.1, 0.15) is 10.6 Å². The highest BCUT2D eigenvalue weighted by molar-refractivity contribution is 7.92. The van der Waals surface area contributed by atoms with Crippen molar-refractivity contribution in [2.24, 2.45) is 7.05 Å². The van der Waals surface area contributed by atoms with E-state index in [4.69, 9.17) is 4.74 Å². The number of sulfonamides is 1. The van der Waals surface area contributed by atoms with Crippen LogP contribution >= 0.6 is 0 Å². The fourth-order valence-corrected chi connectivity index (χ4v) is 2.86. The van der Waals surface area contributed by atoms with Crippen LogP contribution in [-0.2, 0) is 17.1 Å². The molecule has 0 aliphatic rings. The molecule has 0 unspecified atom stereocenters. The predicted octanol–water partition coefficient (Wildman–Crippen LogP) is 1.14. The third kappa shape index (κ3) is 3.11. The van der Waals surface area contributed by atoms with Crippen molar-refractivity contribution in [2.75, 3.05) is 11.8 Å². The first-order valence-electron chi connectivity index (χ1n) is 5.67. The highest BCUT2D eigenvalue weighted by Gasteiger charge is 2.22. The van der Waals surface area contributed by atoms with Crippen molar-refractivity contribution in [3.63, 3.8) is 0 Å². The summed E-state index contributed by atoms with van der Waals surface area (Å²) in [6, 6.07) is 3.27. The van der Waals surface area contributed by atoms with E-state index >= 15 is 0 Å². The van der Waals surface area contributed by atoms with E-state index in [9.17, 15) is 18.5 Å². The second-order valence-corrected chi connectivity index (χ2v) is 5.75. The summed E-state index contributed by atoms with van der Waals surface area (Å²) in [7, 11) is -1.05. The van der Waals surface area contributed by atoms with Gasteiger partial charge in [-0.15, -0.1) is 0 Å². The maximum Gasteiger partial charge on any atom is 0.273 e. The summed E-state index contributed by atoms with van der Waals surface area (Å²) < 4.78 is 33.2. The molecular formula is C11H12N4O5S. The van der Waals surface area contributed by atoms with E-state index in [1.807, 2.05) is 0 Å². The van der Waals surface area contributed by atoms with Gasteiger partial charge in [0.15, 0.2) is 0 Å². The summed E-state index contributed by atoms with van der Waals surface area (Å²) in [6.45, 7) is 0. The van der Waals surface area contributed by atoms with E-state index in [1.165, 1.54) is 24.2 Å². The van der Waals surface area contributed by atoms with Gasteiger partial charge in [0.05, 0.1) is 30.0 Å². The SMILES string of the molecule is COc1cc([N+](=O)[O-])ccc1S(=O)(=O)Nc1cnn(C)c1. The largest absolute Gasteiger partial charge is 0.495 e. The Morgan fingerprint density at radius 2 is 2.14 bits per heavy atom. The van der Waals surface area contributed by atoms with Gasteiger partial charge in [-0.3, -0.25) is 19.5 Å². The summed E-state index contributed by atoms with van der Waals surface area (Å²) in [5.41, 5.74) is 0.0186. The minimum absolute atomic E-state index is 0.111. The lowest BCUT2D eigenvalue weighted by Gasteiger charge is -2.10. The molecule has 10 heteroatoms. The normalized spacial score (nSPS) is 11.1. The van der Waals surface area contributed by atoms with Crippen LogP contribution in [0.3, 0.4) is 0 Å². The minimum atomic E-state index is -3.94. The van der Waals surface area contributed by atoms with Crippen molar-refractivity contribution in [2.45, 2.75) is 4.90 Å². The molecule has 0 bridgehead atoms. The lowest BCUT2D eigenvalue weighted by molar-refractivity contribution is -0.385. The molecule has 2 aromatic rings. The molecule has 1 aromatic heterocycles. The first-order chi connectivity index (χ1) is 9.83. The van der Waals surface area contributed by atoms with Crippen molar-refractivity contribution in [1.29, 1.82) is 0 Å². The van der Waals surface area contributed by atoms with E-state index < -0.39 is 14.9 Å². The highest BCUT2D eigenvalue weighted by atomic mass is 32.2. The number of nitro groups is 1. The Balaban J connectivity index is 2.42. The zero-order chi connectivity index (χ0) is 15.6. The number of ether oxygens (including phenoxy) is 1. The Morgan fingerprint density at radius 3 is 2.67 bits per heavy atom. The summed E-state index contributed by atoms with van der Waals surface area (Å²) in [5, 5.41) is 14.5. The third-order valence-electron chi connectivity index (χ3n) is 2.60. The van der Waals surface area contributed by atoms with Gasteiger partial charge in [-0.1, -0.05) is 0 Å². The number of methoxy groups -OCH3 is 1. The molecule has 112 valence electrons. The van der Waals surface area contributed by atoms with Gasteiger partial charge in [-0.25, -0.2) is 8.42 Å². The van der Waals surface area contributed by atoms with Gasteiger partial charge in [0.25, 0.3) is 15.7 Å². The van der Waals surface area contributed by atoms with Crippen LogP contribution in [0.15, 0.2) is 35.5 Å². The number of nitrogens with one attached hydrogen (secondary N) is 1. The maximum absolute atomic E-state index is 12.3. The lowest BCUT2D eigenvalue weighted by Crippen LogP contribution is -2.13. The first kappa shape index (κ1) is 14.8. The zero-order valence-corrected chi connectivity index (χ0v) is 12.0. The van der Waals surface area contributed by atoms with E-state index in [0.717, 1.165) is 18.2 Å². The molecule has 0 radical (unpaired) electrons. The number of aromatic nitrogens is 2. The van der Waals surface area contributed by atoms with Crippen LogP contribution in [0.4, 0.5) is 11.4 Å². The van der Waals surface area contributed by atoms with E-state index in [-0.39, 0.29) is 22.0 Å². The molecule has 0 atom stereocenters. The number of nitro benzene ring substituents is 1. The van der Waals surface area contributed by atoms with Gasteiger partial charge in [0, 0.05) is 19.3 Å². The summed E-state index contributed by atoms with van der Waals surface area (Å²) >= 11 is 0. The summed E-state index contributed by atoms with van der Waals surface area (Å²) in [4.78, 5) is 9.87. The van der Waals surface area contributed by atoms with Crippen LogP contribution in [-0.4, -0.2) is 30.2 Å². The molecular weight excluding hydrogens is 300 g/mol. The molecule has 0 spiro atoms. The highest BCUT2D eigenvalue weighted by Crippen LogP contribution is 2.29. The number of anilines is 1. The Morgan fingerprint density at radius 1 is 1.43 bits per heavy atom. The summed E-state index contributed by atoms with van der Waals surface area (Å²) in [5.74, 6) is -0.111. The van der Waals surface area contributed by atoms with Crippen LogP contribution in [0.5, 0.6) is 5.75 Å². The Hall–Kier alpha value is -2.62.